The van der Waals surface area contributed by atoms with Gasteiger partial charge in [-0.25, -0.2) is 4.39 Å². The summed E-state index contributed by atoms with van der Waals surface area (Å²) in [4.78, 5) is 39.4. The molecule has 2 heterocycles. The Bertz CT molecular complexity index is 1320. The average molecular weight is 481 g/mol. The lowest BCUT2D eigenvalue weighted by Crippen LogP contribution is -2.54. The Morgan fingerprint density at radius 3 is 2.65 bits per heavy atom. The third-order valence-electron chi connectivity index (χ3n) is 5.25. The maximum Gasteiger partial charge on any atom is 0.270 e. The monoisotopic (exact) mass is 480 g/mol. The molecule has 0 bridgehead atoms. The first-order valence-electron chi connectivity index (χ1n) is 10.4. The van der Waals surface area contributed by atoms with E-state index >= 15 is 0 Å². The van der Waals surface area contributed by atoms with Gasteiger partial charge in [0.2, 0.25) is 5.91 Å². The highest BCUT2D eigenvalue weighted by Gasteiger charge is 2.34. The van der Waals surface area contributed by atoms with Crippen molar-refractivity contribution >= 4 is 57.7 Å². The molecule has 3 aromatic rings. The number of nitrogens with zero attached hydrogens (tertiary/aromatic N) is 2. The standard InChI is InChI=1S/C24H21FN4O4S/c1-33-11-10-26-21(30)14-28-13-15(18-4-2-3-5-20(18)28)12-19-22(31)27-24(34)29(23(19)32)17-8-6-16(25)7-9-17/h2-9,12-13H,10-11,14H2,1H3,(H,26,30)(H,27,31,34)/b19-12+. The fourth-order valence-electron chi connectivity index (χ4n) is 3.66. The highest BCUT2D eigenvalue weighted by molar-refractivity contribution is 7.80. The van der Waals surface area contributed by atoms with Crippen molar-refractivity contribution in [3.63, 3.8) is 0 Å². The van der Waals surface area contributed by atoms with Crippen LogP contribution in [0, 0.1) is 5.82 Å². The van der Waals surface area contributed by atoms with E-state index in [2.05, 4.69) is 10.6 Å². The van der Waals surface area contributed by atoms with Crippen LogP contribution in [0.3, 0.4) is 0 Å². The van der Waals surface area contributed by atoms with Crippen molar-refractivity contribution in [2.24, 2.45) is 0 Å². The predicted molar refractivity (Wildman–Crippen MR) is 129 cm³/mol. The highest BCUT2D eigenvalue weighted by atomic mass is 32.1. The van der Waals surface area contributed by atoms with Crippen LogP contribution < -0.4 is 15.5 Å². The smallest absolute Gasteiger partial charge is 0.270 e. The lowest BCUT2D eigenvalue weighted by Gasteiger charge is -2.28. The Morgan fingerprint density at radius 2 is 1.91 bits per heavy atom. The molecule has 1 aromatic heterocycles. The van der Waals surface area contributed by atoms with Crippen LogP contribution >= 0.6 is 12.2 Å². The summed E-state index contributed by atoms with van der Waals surface area (Å²) in [5, 5.41) is 5.96. The Balaban J connectivity index is 1.69. The molecule has 0 aliphatic carbocycles. The van der Waals surface area contributed by atoms with Crippen LogP contribution in [0.25, 0.3) is 17.0 Å². The molecule has 1 fully saturated rings. The van der Waals surface area contributed by atoms with Crippen LogP contribution in [0.15, 0.2) is 60.3 Å². The van der Waals surface area contributed by atoms with Gasteiger partial charge in [-0.1, -0.05) is 18.2 Å². The van der Waals surface area contributed by atoms with E-state index in [4.69, 9.17) is 17.0 Å². The van der Waals surface area contributed by atoms with Gasteiger partial charge in [-0.05, 0) is 48.6 Å². The summed E-state index contributed by atoms with van der Waals surface area (Å²) >= 11 is 5.18. The topological polar surface area (TPSA) is 92.7 Å². The zero-order valence-corrected chi connectivity index (χ0v) is 19.0. The number of aromatic nitrogens is 1. The molecule has 0 unspecified atom stereocenters. The second kappa shape index (κ2) is 9.94. The molecule has 3 amide bonds. The molecule has 1 aliphatic heterocycles. The summed E-state index contributed by atoms with van der Waals surface area (Å²) in [6.45, 7) is 0.845. The number of ether oxygens (including phenoxy) is 1. The second-order valence-corrected chi connectivity index (χ2v) is 7.89. The number of carbonyl (C=O) groups is 3. The van der Waals surface area contributed by atoms with Crippen molar-refractivity contribution in [1.82, 2.24) is 15.2 Å². The minimum atomic E-state index is -0.637. The number of rotatable bonds is 7. The molecule has 34 heavy (non-hydrogen) atoms. The van der Waals surface area contributed by atoms with Crippen molar-refractivity contribution in [3.8, 4) is 0 Å². The largest absolute Gasteiger partial charge is 0.383 e. The first-order valence-corrected chi connectivity index (χ1v) is 10.8. The maximum absolute atomic E-state index is 13.3. The number of halogens is 1. The molecule has 174 valence electrons. The lowest BCUT2D eigenvalue weighted by molar-refractivity contribution is -0.123. The van der Waals surface area contributed by atoms with Gasteiger partial charge in [-0.2, -0.15) is 0 Å². The van der Waals surface area contributed by atoms with Crippen molar-refractivity contribution in [2.75, 3.05) is 25.2 Å². The molecule has 1 saturated heterocycles. The van der Waals surface area contributed by atoms with E-state index in [9.17, 15) is 18.8 Å². The highest BCUT2D eigenvalue weighted by Crippen LogP contribution is 2.26. The minimum absolute atomic E-state index is 0.0549. The van der Waals surface area contributed by atoms with E-state index in [-0.39, 0.29) is 23.1 Å². The molecule has 2 N–H and O–H groups in total. The van der Waals surface area contributed by atoms with E-state index < -0.39 is 17.6 Å². The van der Waals surface area contributed by atoms with Crippen molar-refractivity contribution in [3.05, 3.63) is 71.7 Å². The SMILES string of the molecule is COCCNC(=O)Cn1cc(/C=C2\C(=O)NC(=S)N(c3ccc(F)cc3)C2=O)c2ccccc21. The van der Waals surface area contributed by atoms with E-state index in [0.717, 1.165) is 15.8 Å². The maximum atomic E-state index is 13.3. The van der Waals surface area contributed by atoms with Crippen LogP contribution in [0.2, 0.25) is 0 Å². The number of thiocarbonyl (C=S) groups is 1. The van der Waals surface area contributed by atoms with Crippen LogP contribution in [-0.4, -0.2) is 47.7 Å². The third kappa shape index (κ3) is 4.73. The van der Waals surface area contributed by atoms with Gasteiger partial charge in [-0.3, -0.25) is 24.6 Å². The first-order chi connectivity index (χ1) is 16.4. The molecule has 10 heteroatoms. The second-order valence-electron chi connectivity index (χ2n) is 7.51. The molecular formula is C24H21FN4O4S. The number of fused-ring (bicyclic) bond motifs is 1. The molecule has 0 radical (unpaired) electrons. The summed E-state index contributed by atoms with van der Waals surface area (Å²) in [6, 6.07) is 12.6. The van der Waals surface area contributed by atoms with E-state index in [1.54, 1.807) is 17.9 Å². The van der Waals surface area contributed by atoms with E-state index in [1.807, 2.05) is 24.3 Å². The van der Waals surface area contributed by atoms with Crippen molar-refractivity contribution in [2.45, 2.75) is 6.54 Å². The van der Waals surface area contributed by atoms with E-state index in [0.29, 0.717) is 24.4 Å². The normalized spacial score (nSPS) is 15.2. The van der Waals surface area contributed by atoms with Gasteiger partial charge >= 0.3 is 0 Å². The quantitative estimate of drug-likeness (QED) is 0.235. The summed E-state index contributed by atoms with van der Waals surface area (Å²) in [6.07, 6.45) is 3.18. The van der Waals surface area contributed by atoms with Gasteiger partial charge < -0.3 is 14.6 Å². The molecular weight excluding hydrogens is 459 g/mol. The molecule has 2 aromatic carbocycles. The van der Waals surface area contributed by atoms with Crippen molar-refractivity contribution < 1.29 is 23.5 Å². The number of hydrogen-bond donors (Lipinski definition) is 2. The number of anilines is 1. The zero-order chi connectivity index (χ0) is 24.2. The van der Waals surface area contributed by atoms with Gasteiger partial charge in [0.15, 0.2) is 5.11 Å². The summed E-state index contributed by atoms with van der Waals surface area (Å²) in [5.41, 5.74) is 1.55. The number of methoxy groups -OCH3 is 1. The summed E-state index contributed by atoms with van der Waals surface area (Å²) in [5.74, 6) is -1.92. The van der Waals surface area contributed by atoms with Crippen LogP contribution in [0.1, 0.15) is 5.56 Å². The third-order valence-corrected chi connectivity index (χ3v) is 5.53. The van der Waals surface area contributed by atoms with Crippen LogP contribution in [0.4, 0.5) is 10.1 Å². The molecule has 8 nitrogen and oxygen atoms in total. The molecule has 0 spiro atoms. The van der Waals surface area contributed by atoms with Gasteiger partial charge in [0.1, 0.15) is 17.9 Å². The van der Waals surface area contributed by atoms with Gasteiger partial charge in [0.05, 0.1) is 12.3 Å². The average Bonchev–Trinajstić information content (AvgIpc) is 3.15. The Kier molecular flexibility index (Phi) is 6.80. The first kappa shape index (κ1) is 23.3. The number of benzene rings is 2. The summed E-state index contributed by atoms with van der Waals surface area (Å²) < 4.78 is 20.0. The fraction of sp³-hybridized carbons (Fsp3) is 0.167. The summed E-state index contributed by atoms with van der Waals surface area (Å²) in [7, 11) is 1.55. The van der Waals surface area contributed by atoms with Gasteiger partial charge in [0, 0.05) is 36.3 Å². The zero-order valence-electron chi connectivity index (χ0n) is 18.2. The number of carbonyl (C=O) groups excluding carboxylic acids is 3. The molecule has 0 saturated carbocycles. The van der Waals surface area contributed by atoms with Gasteiger partial charge in [-0.15, -0.1) is 0 Å². The predicted octanol–water partition coefficient (Wildman–Crippen LogP) is 2.37. The number of amides is 3. The number of para-hydroxylation sites is 1. The Morgan fingerprint density at radius 1 is 1.18 bits per heavy atom. The van der Waals surface area contributed by atoms with Crippen LogP contribution in [-0.2, 0) is 25.7 Å². The van der Waals surface area contributed by atoms with E-state index in [1.165, 1.54) is 30.3 Å². The number of hydrogen-bond acceptors (Lipinski definition) is 5. The Hall–Kier alpha value is -3.89. The molecule has 4 rings (SSSR count). The molecule has 1 aliphatic rings. The Labute approximate surface area is 200 Å². The number of nitrogens with one attached hydrogen (secondary N) is 2. The minimum Gasteiger partial charge on any atom is -0.383 e. The fourth-order valence-corrected chi connectivity index (χ4v) is 3.94. The molecule has 0 atom stereocenters. The van der Waals surface area contributed by atoms with Crippen LogP contribution in [0.5, 0.6) is 0 Å². The lowest BCUT2D eigenvalue weighted by atomic mass is 10.1. The van der Waals surface area contributed by atoms with Gasteiger partial charge in [0.25, 0.3) is 11.8 Å². The van der Waals surface area contributed by atoms with Crippen molar-refractivity contribution in [1.29, 1.82) is 0 Å².